The third-order valence-corrected chi connectivity index (χ3v) is 5.27. The van der Waals surface area contributed by atoms with Gasteiger partial charge in [0.1, 0.15) is 0 Å². The zero-order valence-electron chi connectivity index (χ0n) is 11.5. The molecule has 0 radical (unpaired) electrons. The van der Waals surface area contributed by atoms with E-state index in [0.717, 1.165) is 24.5 Å². The van der Waals surface area contributed by atoms with Gasteiger partial charge < -0.3 is 10.2 Å². The minimum absolute atomic E-state index is 0.0828. The van der Waals surface area contributed by atoms with Crippen LogP contribution in [-0.4, -0.2) is 44.5 Å². The van der Waals surface area contributed by atoms with Crippen LogP contribution in [0.3, 0.4) is 0 Å². The Balaban J connectivity index is 2.08. The molecule has 1 unspecified atom stereocenters. The second-order valence-corrected chi connectivity index (χ2v) is 7.18. The fourth-order valence-corrected chi connectivity index (χ4v) is 4.10. The molecule has 1 aromatic heterocycles. The summed E-state index contributed by atoms with van der Waals surface area (Å²) >= 11 is 0. The summed E-state index contributed by atoms with van der Waals surface area (Å²) in [6, 6.07) is 4.04. The summed E-state index contributed by atoms with van der Waals surface area (Å²) in [5, 5.41) is 3.24. The molecule has 0 aromatic carbocycles. The van der Waals surface area contributed by atoms with Gasteiger partial charge in [0.25, 0.3) is 0 Å². The largest absolute Gasteiger partial charge is 0.370 e. The first-order valence-corrected chi connectivity index (χ1v) is 8.43. The summed E-state index contributed by atoms with van der Waals surface area (Å²) in [7, 11) is -0.886. The number of sulfone groups is 1. The number of nitrogens with zero attached hydrogens (tertiary/aromatic N) is 2. The molecule has 2 rings (SSSR count). The van der Waals surface area contributed by atoms with Crippen LogP contribution >= 0.6 is 0 Å². The van der Waals surface area contributed by atoms with E-state index >= 15 is 0 Å². The van der Waals surface area contributed by atoms with Crippen molar-refractivity contribution in [3.8, 4) is 0 Å². The smallest absolute Gasteiger partial charge is 0.152 e. The first-order valence-electron chi connectivity index (χ1n) is 6.61. The number of pyridine rings is 1. The maximum atomic E-state index is 11.5. The maximum Gasteiger partial charge on any atom is 0.152 e. The van der Waals surface area contributed by atoms with Gasteiger partial charge >= 0.3 is 0 Å². The molecule has 106 valence electrons. The van der Waals surface area contributed by atoms with Crippen LogP contribution < -0.4 is 10.2 Å². The highest BCUT2D eigenvalue weighted by Gasteiger charge is 2.30. The van der Waals surface area contributed by atoms with Crippen LogP contribution in [0.5, 0.6) is 0 Å². The van der Waals surface area contributed by atoms with E-state index < -0.39 is 9.84 Å². The Labute approximate surface area is 114 Å². The van der Waals surface area contributed by atoms with Gasteiger partial charge in [-0.05, 0) is 25.1 Å². The fraction of sp³-hybridized carbons (Fsp3) is 0.615. The normalized spacial score (nSPS) is 21.5. The van der Waals surface area contributed by atoms with Crippen LogP contribution in [0, 0.1) is 0 Å². The van der Waals surface area contributed by atoms with Gasteiger partial charge in [0, 0.05) is 31.5 Å². The number of hydrogen-bond acceptors (Lipinski definition) is 5. The van der Waals surface area contributed by atoms with Crippen LogP contribution in [0.25, 0.3) is 0 Å². The molecule has 2 heterocycles. The molecule has 0 bridgehead atoms. The van der Waals surface area contributed by atoms with Gasteiger partial charge in [0.2, 0.25) is 0 Å². The fourth-order valence-electron chi connectivity index (χ4n) is 2.33. The molecule has 0 aliphatic carbocycles. The number of rotatable bonds is 5. The van der Waals surface area contributed by atoms with E-state index in [-0.39, 0.29) is 11.8 Å². The summed E-state index contributed by atoms with van der Waals surface area (Å²) in [6.07, 6.45) is 2.49. The number of hydrogen-bond donors (Lipinski definition) is 1. The quantitative estimate of drug-likeness (QED) is 0.866. The van der Waals surface area contributed by atoms with E-state index in [1.54, 1.807) is 6.20 Å². The van der Waals surface area contributed by atoms with Gasteiger partial charge in [-0.2, -0.15) is 0 Å². The Morgan fingerprint density at radius 1 is 1.53 bits per heavy atom. The average Bonchev–Trinajstić information content (AvgIpc) is 2.76. The molecule has 1 atom stereocenters. The van der Waals surface area contributed by atoms with Crippen molar-refractivity contribution in [2.45, 2.75) is 25.9 Å². The van der Waals surface area contributed by atoms with E-state index in [9.17, 15) is 8.42 Å². The summed E-state index contributed by atoms with van der Waals surface area (Å²) in [5.74, 6) is 0.561. The Kier molecular flexibility index (Phi) is 4.42. The molecule has 5 nitrogen and oxygen atoms in total. The number of aromatic nitrogens is 1. The molecule has 1 aliphatic heterocycles. The van der Waals surface area contributed by atoms with Crippen LogP contribution in [0.1, 0.15) is 19.0 Å². The lowest BCUT2D eigenvalue weighted by atomic mass is 10.2. The van der Waals surface area contributed by atoms with Gasteiger partial charge in [0.15, 0.2) is 9.84 Å². The van der Waals surface area contributed by atoms with E-state index in [1.807, 2.05) is 19.2 Å². The highest BCUT2D eigenvalue weighted by atomic mass is 32.2. The Hall–Kier alpha value is -1.14. The number of anilines is 1. The Bertz CT molecular complexity index is 530. The van der Waals surface area contributed by atoms with Gasteiger partial charge in [-0.1, -0.05) is 6.92 Å². The highest BCUT2D eigenvalue weighted by Crippen LogP contribution is 2.22. The van der Waals surface area contributed by atoms with E-state index in [0.29, 0.717) is 12.2 Å². The molecule has 0 spiro atoms. The summed E-state index contributed by atoms with van der Waals surface area (Å²) in [6.45, 7) is 3.70. The molecule has 1 aliphatic rings. The van der Waals surface area contributed by atoms with E-state index in [1.165, 1.54) is 0 Å². The molecule has 1 fully saturated rings. The topological polar surface area (TPSA) is 62.3 Å². The maximum absolute atomic E-state index is 11.5. The molecular weight excluding hydrogens is 262 g/mol. The first kappa shape index (κ1) is 14.3. The van der Waals surface area contributed by atoms with Crippen molar-refractivity contribution < 1.29 is 8.42 Å². The van der Waals surface area contributed by atoms with Crippen molar-refractivity contribution in [1.29, 1.82) is 0 Å². The third-order valence-electron chi connectivity index (χ3n) is 3.52. The van der Waals surface area contributed by atoms with Crippen molar-refractivity contribution in [2.24, 2.45) is 0 Å². The van der Waals surface area contributed by atoms with Crippen LogP contribution in [0.4, 0.5) is 5.69 Å². The summed E-state index contributed by atoms with van der Waals surface area (Å²) in [5.41, 5.74) is 2.01. The molecule has 19 heavy (non-hydrogen) atoms. The molecule has 6 heteroatoms. The van der Waals surface area contributed by atoms with Crippen molar-refractivity contribution in [3.63, 3.8) is 0 Å². The van der Waals surface area contributed by atoms with Gasteiger partial charge in [-0.15, -0.1) is 0 Å². The van der Waals surface area contributed by atoms with Crippen molar-refractivity contribution >= 4 is 15.5 Å². The van der Waals surface area contributed by atoms with Crippen molar-refractivity contribution in [3.05, 3.63) is 24.0 Å². The Morgan fingerprint density at radius 3 is 2.95 bits per heavy atom. The summed E-state index contributed by atoms with van der Waals surface area (Å²) < 4.78 is 23.1. The predicted molar refractivity (Wildman–Crippen MR) is 77.1 cm³/mol. The van der Waals surface area contributed by atoms with Crippen molar-refractivity contribution in [1.82, 2.24) is 10.3 Å². The zero-order valence-corrected chi connectivity index (χ0v) is 12.3. The minimum Gasteiger partial charge on any atom is -0.370 e. The minimum atomic E-state index is -2.84. The molecular formula is C13H21N3O2S. The van der Waals surface area contributed by atoms with E-state index in [4.69, 9.17) is 0 Å². The molecule has 1 saturated heterocycles. The third kappa shape index (κ3) is 3.67. The SMILES string of the molecule is CCNCc1cc(N(C)C2CCS(=O)(=O)C2)ccn1. The van der Waals surface area contributed by atoms with Crippen LogP contribution in [0.2, 0.25) is 0 Å². The predicted octanol–water partition coefficient (Wildman–Crippen LogP) is 0.814. The Morgan fingerprint density at radius 2 is 2.32 bits per heavy atom. The first-order chi connectivity index (χ1) is 9.02. The van der Waals surface area contributed by atoms with E-state index in [2.05, 4.69) is 22.1 Å². The summed E-state index contributed by atoms with van der Waals surface area (Å²) in [4.78, 5) is 6.36. The lowest BCUT2D eigenvalue weighted by Crippen LogP contribution is -2.32. The van der Waals surface area contributed by atoms with Gasteiger partial charge in [-0.25, -0.2) is 8.42 Å². The lowest BCUT2D eigenvalue weighted by molar-refractivity contribution is 0.601. The lowest BCUT2D eigenvalue weighted by Gasteiger charge is -2.25. The van der Waals surface area contributed by atoms with Crippen LogP contribution in [0.15, 0.2) is 18.3 Å². The van der Waals surface area contributed by atoms with Gasteiger partial charge in [0.05, 0.1) is 17.2 Å². The second kappa shape index (κ2) is 5.88. The molecule has 1 aromatic rings. The van der Waals surface area contributed by atoms with Crippen molar-refractivity contribution in [2.75, 3.05) is 30.0 Å². The highest BCUT2D eigenvalue weighted by molar-refractivity contribution is 7.91. The molecule has 0 saturated carbocycles. The zero-order chi connectivity index (χ0) is 13.9. The van der Waals surface area contributed by atoms with Gasteiger partial charge in [-0.3, -0.25) is 4.98 Å². The van der Waals surface area contributed by atoms with Crippen LogP contribution in [-0.2, 0) is 16.4 Å². The standard InChI is InChI=1S/C13H21N3O2S/c1-3-14-9-11-8-12(4-6-15-11)16(2)13-5-7-19(17,18)10-13/h4,6,8,13-14H,3,5,7,9-10H2,1-2H3. The average molecular weight is 283 g/mol. The monoisotopic (exact) mass is 283 g/mol. The number of nitrogens with one attached hydrogen (secondary N) is 1. The molecule has 1 N–H and O–H groups in total. The molecule has 0 amide bonds. The second-order valence-electron chi connectivity index (χ2n) is 4.95.